The molecule has 2 aromatic heterocycles. The summed E-state index contributed by atoms with van der Waals surface area (Å²) in [6.45, 7) is 9.04. The van der Waals surface area contributed by atoms with Gasteiger partial charge in [-0.3, -0.25) is 0 Å². The number of ether oxygens (including phenoxy) is 2. The summed E-state index contributed by atoms with van der Waals surface area (Å²) in [6, 6.07) is 2.01. The van der Waals surface area contributed by atoms with Crippen LogP contribution in [0.4, 0.5) is 0 Å². The maximum Gasteiger partial charge on any atom is 0.340 e. The molecule has 2 heterocycles. The summed E-state index contributed by atoms with van der Waals surface area (Å²) in [5.41, 5.74) is 1.90. The second-order valence-electron chi connectivity index (χ2n) is 5.05. The molecule has 0 atom stereocenters. The molecule has 0 bridgehead atoms. The lowest BCUT2D eigenvalue weighted by molar-refractivity contribution is 0.0334. The maximum absolute atomic E-state index is 12.1. The molecule has 0 aliphatic carbocycles. The van der Waals surface area contributed by atoms with Crippen LogP contribution in [-0.2, 0) is 9.47 Å². The first-order valence-corrected chi connectivity index (χ1v) is 7.14. The lowest BCUT2D eigenvalue weighted by atomic mass is 10.2. The highest BCUT2D eigenvalue weighted by molar-refractivity contribution is 5.94. The molecule has 0 aromatic carbocycles. The first-order valence-electron chi connectivity index (χ1n) is 7.14. The molecular weight excluding hydrogens is 270 g/mol. The predicted molar refractivity (Wildman–Crippen MR) is 79.4 cm³/mol. The Morgan fingerprint density at radius 1 is 1.38 bits per heavy atom. The van der Waals surface area contributed by atoms with Crippen LogP contribution in [0.3, 0.4) is 0 Å². The van der Waals surface area contributed by atoms with Gasteiger partial charge in [-0.05, 0) is 33.8 Å². The van der Waals surface area contributed by atoms with Gasteiger partial charge in [0.2, 0.25) is 0 Å². The van der Waals surface area contributed by atoms with Crippen molar-refractivity contribution in [2.24, 2.45) is 0 Å². The third-order valence-corrected chi connectivity index (χ3v) is 3.13. The minimum Gasteiger partial charge on any atom is -0.460 e. The summed E-state index contributed by atoms with van der Waals surface area (Å²) in [6.07, 6.45) is 1.72. The zero-order valence-electron chi connectivity index (χ0n) is 12.9. The monoisotopic (exact) mass is 291 g/mol. The molecule has 0 aliphatic rings. The molecule has 2 aromatic rings. The summed E-state index contributed by atoms with van der Waals surface area (Å²) >= 11 is 0. The molecule has 6 heteroatoms. The van der Waals surface area contributed by atoms with Crippen LogP contribution in [0.1, 0.15) is 42.9 Å². The number of hydrogen-bond donors (Lipinski definition) is 0. The van der Waals surface area contributed by atoms with Gasteiger partial charge in [-0.2, -0.15) is 5.10 Å². The molecule has 0 aliphatic heterocycles. The van der Waals surface area contributed by atoms with Crippen molar-refractivity contribution in [3.8, 4) is 0 Å². The van der Waals surface area contributed by atoms with E-state index in [4.69, 9.17) is 9.47 Å². The number of esters is 1. The van der Waals surface area contributed by atoms with Crippen LogP contribution >= 0.6 is 0 Å². The number of hydrogen-bond acceptors (Lipinski definition) is 5. The standard InChI is InChI=1S/C15H21N3O3/c1-5-20-6-7-21-15(19)13-8-12-9-16-18(10(2)3)14(12)17-11(13)4/h8-10H,5-7H2,1-4H3. The van der Waals surface area contributed by atoms with E-state index in [2.05, 4.69) is 10.1 Å². The Labute approximate surface area is 124 Å². The van der Waals surface area contributed by atoms with Gasteiger partial charge in [-0.25, -0.2) is 14.5 Å². The highest BCUT2D eigenvalue weighted by Crippen LogP contribution is 2.19. The van der Waals surface area contributed by atoms with Crippen molar-refractivity contribution >= 4 is 17.0 Å². The fraction of sp³-hybridized carbons (Fsp3) is 0.533. The largest absolute Gasteiger partial charge is 0.460 e. The molecule has 2 rings (SSSR count). The first-order chi connectivity index (χ1) is 10.0. The molecular formula is C15H21N3O3. The predicted octanol–water partition coefficient (Wildman–Crippen LogP) is 2.51. The summed E-state index contributed by atoms with van der Waals surface area (Å²) in [4.78, 5) is 16.6. The van der Waals surface area contributed by atoms with Crippen LogP contribution in [0, 0.1) is 6.92 Å². The molecule has 0 saturated heterocycles. The summed E-state index contributed by atoms with van der Waals surface area (Å²) < 4.78 is 12.2. The van der Waals surface area contributed by atoms with Crippen LogP contribution in [0.15, 0.2) is 12.3 Å². The molecule has 0 radical (unpaired) electrons. The molecule has 6 nitrogen and oxygen atoms in total. The average Bonchev–Trinajstić information content (AvgIpc) is 2.85. The number of rotatable bonds is 6. The molecule has 0 N–H and O–H groups in total. The molecule has 0 fully saturated rings. The van der Waals surface area contributed by atoms with Crippen molar-refractivity contribution in [2.45, 2.75) is 33.7 Å². The Kier molecular flexibility index (Phi) is 4.90. The van der Waals surface area contributed by atoms with Crippen molar-refractivity contribution in [3.05, 3.63) is 23.5 Å². The van der Waals surface area contributed by atoms with Crippen molar-refractivity contribution in [3.63, 3.8) is 0 Å². The first kappa shape index (κ1) is 15.4. The summed E-state index contributed by atoms with van der Waals surface area (Å²) in [7, 11) is 0. The minimum absolute atomic E-state index is 0.221. The lowest BCUT2D eigenvalue weighted by Crippen LogP contribution is -2.13. The van der Waals surface area contributed by atoms with Crippen molar-refractivity contribution < 1.29 is 14.3 Å². The third kappa shape index (κ3) is 3.39. The highest BCUT2D eigenvalue weighted by atomic mass is 16.6. The van der Waals surface area contributed by atoms with Crippen molar-refractivity contribution in [2.75, 3.05) is 19.8 Å². The van der Waals surface area contributed by atoms with Crippen LogP contribution in [0.5, 0.6) is 0 Å². The topological polar surface area (TPSA) is 66.2 Å². The van der Waals surface area contributed by atoms with E-state index in [-0.39, 0.29) is 18.6 Å². The summed E-state index contributed by atoms with van der Waals surface area (Å²) in [5, 5.41) is 5.14. The Morgan fingerprint density at radius 3 is 2.81 bits per heavy atom. The fourth-order valence-electron chi connectivity index (χ4n) is 2.07. The average molecular weight is 291 g/mol. The second kappa shape index (κ2) is 6.67. The molecule has 0 unspecified atom stereocenters. The van der Waals surface area contributed by atoms with Crippen LogP contribution < -0.4 is 0 Å². The number of aromatic nitrogens is 3. The van der Waals surface area contributed by atoms with E-state index < -0.39 is 0 Å². The van der Waals surface area contributed by atoms with Gasteiger partial charge in [-0.1, -0.05) is 0 Å². The van der Waals surface area contributed by atoms with Gasteiger partial charge in [0.05, 0.1) is 24.1 Å². The summed E-state index contributed by atoms with van der Waals surface area (Å²) in [5.74, 6) is -0.376. The highest BCUT2D eigenvalue weighted by Gasteiger charge is 2.16. The van der Waals surface area contributed by atoms with E-state index in [0.29, 0.717) is 24.5 Å². The van der Waals surface area contributed by atoms with E-state index in [0.717, 1.165) is 11.0 Å². The number of carbonyl (C=O) groups is 1. The van der Waals surface area contributed by atoms with Gasteiger partial charge in [0, 0.05) is 18.0 Å². The van der Waals surface area contributed by atoms with E-state index in [1.54, 1.807) is 19.2 Å². The zero-order chi connectivity index (χ0) is 15.4. The molecule has 0 saturated carbocycles. The van der Waals surface area contributed by atoms with E-state index in [1.165, 1.54) is 0 Å². The molecule has 21 heavy (non-hydrogen) atoms. The Balaban J connectivity index is 2.21. The van der Waals surface area contributed by atoms with Crippen molar-refractivity contribution in [1.82, 2.24) is 14.8 Å². The SMILES string of the molecule is CCOCCOC(=O)c1cc2cnn(C(C)C)c2nc1C. The smallest absolute Gasteiger partial charge is 0.340 e. The van der Waals surface area contributed by atoms with E-state index in [1.807, 2.05) is 25.5 Å². The van der Waals surface area contributed by atoms with E-state index >= 15 is 0 Å². The Hall–Kier alpha value is -1.95. The van der Waals surface area contributed by atoms with E-state index in [9.17, 15) is 4.79 Å². The maximum atomic E-state index is 12.1. The number of aryl methyl sites for hydroxylation is 1. The van der Waals surface area contributed by atoms with Gasteiger partial charge >= 0.3 is 5.97 Å². The van der Waals surface area contributed by atoms with Crippen LogP contribution in [0.25, 0.3) is 11.0 Å². The number of fused-ring (bicyclic) bond motifs is 1. The quantitative estimate of drug-likeness (QED) is 0.604. The number of pyridine rings is 1. The number of carbonyl (C=O) groups excluding carboxylic acids is 1. The second-order valence-corrected chi connectivity index (χ2v) is 5.05. The Morgan fingerprint density at radius 2 is 2.14 bits per heavy atom. The van der Waals surface area contributed by atoms with Crippen LogP contribution in [-0.4, -0.2) is 40.6 Å². The molecule has 0 amide bonds. The van der Waals surface area contributed by atoms with Crippen molar-refractivity contribution in [1.29, 1.82) is 0 Å². The van der Waals surface area contributed by atoms with Gasteiger partial charge in [0.15, 0.2) is 5.65 Å². The third-order valence-electron chi connectivity index (χ3n) is 3.13. The fourth-order valence-corrected chi connectivity index (χ4v) is 2.07. The lowest BCUT2D eigenvalue weighted by Gasteiger charge is -2.09. The van der Waals surface area contributed by atoms with Gasteiger partial charge in [0.25, 0.3) is 0 Å². The number of nitrogens with zero attached hydrogens (tertiary/aromatic N) is 3. The zero-order valence-corrected chi connectivity index (χ0v) is 12.9. The minimum atomic E-state index is -0.376. The Bertz CT molecular complexity index is 634. The van der Waals surface area contributed by atoms with Gasteiger partial charge in [-0.15, -0.1) is 0 Å². The normalized spacial score (nSPS) is 11.3. The van der Waals surface area contributed by atoms with Gasteiger partial charge in [0.1, 0.15) is 6.61 Å². The molecule has 0 spiro atoms. The van der Waals surface area contributed by atoms with Gasteiger partial charge < -0.3 is 9.47 Å². The molecule has 114 valence electrons. The van der Waals surface area contributed by atoms with Crippen LogP contribution in [0.2, 0.25) is 0 Å².